The Morgan fingerprint density at radius 3 is 2.80 bits per heavy atom. The molecule has 0 amide bonds. The van der Waals surface area contributed by atoms with Gasteiger partial charge in [-0.3, -0.25) is 9.97 Å². The fraction of sp³-hybridized carbons (Fsp3) is 0.636. The van der Waals surface area contributed by atoms with Crippen LogP contribution in [-0.2, 0) is 4.74 Å². The van der Waals surface area contributed by atoms with E-state index in [1.54, 1.807) is 25.7 Å². The summed E-state index contributed by atoms with van der Waals surface area (Å²) in [6, 6.07) is 0. The van der Waals surface area contributed by atoms with Gasteiger partial charge >= 0.3 is 0 Å². The Hall–Kier alpha value is -1.00. The smallest absolute Gasteiger partial charge is 0.100 e. The van der Waals surface area contributed by atoms with E-state index in [0.29, 0.717) is 12.1 Å². The van der Waals surface area contributed by atoms with Crippen LogP contribution in [0.3, 0.4) is 0 Å². The highest BCUT2D eigenvalue weighted by atomic mass is 16.5. The highest BCUT2D eigenvalue weighted by Crippen LogP contribution is 2.41. The number of hydrogen-bond acceptors (Lipinski definition) is 4. The zero-order chi connectivity index (χ0) is 10.7. The summed E-state index contributed by atoms with van der Waals surface area (Å²) in [5.41, 5.74) is 0.498. The highest BCUT2D eigenvalue weighted by molar-refractivity contribution is 5.03. The summed E-state index contributed by atoms with van der Waals surface area (Å²) in [5, 5.41) is 9.97. The Kier molecular flexibility index (Phi) is 2.98. The summed E-state index contributed by atoms with van der Waals surface area (Å²) >= 11 is 0. The molecule has 2 rings (SSSR count). The zero-order valence-corrected chi connectivity index (χ0v) is 8.89. The van der Waals surface area contributed by atoms with Crippen molar-refractivity contribution < 1.29 is 9.84 Å². The van der Waals surface area contributed by atoms with Crippen molar-refractivity contribution in [1.82, 2.24) is 9.97 Å². The van der Waals surface area contributed by atoms with Gasteiger partial charge in [0.15, 0.2) is 0 Å². The van der Waals surface area contributed by atoms with E-state index in [4.69, 9.17) is 4.74 Å². The second kappa shape index (κ2) is 4.24. The lowest BCUT2D eigenvalue weighted by Gasteiger charge is -2.41. The molecule has 1 atom stereocenters. The van der Waals surface area contributed by atoms with Crippen LogP contribution in [0, 0.1) is 0 Å². The summed E-state index contributed by atoms with van der Waals surface area (Å²) in [6.07, 6.45) is 8.08. The molecule has 0 bridgehead atoms. The number of aliphatic hydroxyl groups is 1. The summed E-state index contributed by atoms with van der Waals surface area (Å²) < 4.78 is 5.46. The molecule has 1 unspecified atom stereocenters. The third kappa shape index (κ3) is 2.16. The van der Waals surface area contributed by atoms with Gasteiger partial charge in [-0.25, -0.2) is 0 Å². The van der Waals surface area contributed by atoms with Crippen molar-refractivity contribution in [3.63, 3.8) is 0 Å². The second-order valence-electron chi connectivity index (χ2n) is 4.09. The normalized spacial score (nSPS) is 20.7. The minimum atomic E-state index is -0.570. The Morgan fingerprint density at radius 1 is 1.53 bits per heavy atom. The number of aliphatic hydroxyl groups excluding tert-OH is 1. The number of ether oxygens (including phenoxy) is 1. The Balaban J connectivity index is 2.00. The minimum absolute atomic E-state index is 0.128. The van der Waals surface area contributed by atoms with Crippen molar-refractivity contribution in [3.05, 3.63) is 24.3 Å². The summed E-state index contributed by atoms with van der Waals surface area (Å²) in [7, 11) is 1.71. The van der Waals surface area contributed by atoms with Crippen molar-refractivity contribution in [2.24, 2.45) is 0 Å². The van der Waals surface area contributed by atoms with Gasteiger partial charge in [-0.2, -0.15) is 0 Å². The lowest BCUT2D eigenvalue weighted by atomic mass is 9.76. The zero-order valence-electron chi connectivity index (χ0n) is 8.89. The summed E-state index contributed by atoms with van der Waals surface area (Å²) in [5.74, 6) is 0. The fourth-order valence-electron chi connectivity index (χ4n) is 2.00. The van der Waals surface area contributed by atoms with E-state index in [2.05, 4.69) is 9.97 Å². The molecule has 1 N–H and O–H groups in total. The number of nitrogens with zero attached hydrogens (tertiary/aromatic N) is 2. The van der Waals surface area contributed by atoms with Gasteiger partial charge in [0.05, 0.1) is 17.5 Å². The van der Waals surface area contributed by atoms with Crippen molar-refractivity contribution >= 4 is 0 Å². The first-order valence-electron chi connectivity index (χ1n) is 5.25. The van der Waals surface area contributed by atoms with Crippen LogP contribution in [-0.4, -0.2) is 27.8 Å². The molecular formula is C11H16N2O2. The Labute approximate surface area is 89.3 Å². The van der Waals surface area contributed by atoms with Crippen LogP contribution in [0.5, 0.6) is 0 Å². The van der Waals surface area contributed by atoms with Crippen LogP contribution in [0.25, 0.3) is 0 Å². The molecule has 82 valence electrons. The van der Waals surface area contributed by atoms with E-state index >= 15 is 0 Å². The topological polar surface area (TPSA) is 55.2 Å². The number of hydrogen-bond donors (Lipinski definition) is 1. The third-order valence-corrected chi connectivity index (χ3v) is 3.19. The number of methoxy groups -OCH3 is 1. The van der Waals surface area contributed by atoms with E-state index in [1.165, 1.54) is 6.42 Å². The van der Waals surface area contributed by atoms with Gasteiger partial charge in [0.1, 0.15) is 6.10 Å². The standard InChI is InChI=1S/C11H16N2O2/c1-15-11(3-2-4-11)7-10(14)9-8-12-5-6-13-9/h5-6,8,10,14H,2-4,7H2,1H3. The Bertz CT molecular complexity index is 306. The first kappa shape index (κ1) is 10.5. The molecule has 0 radical (unpaired) electrons. The van der Waals surface area contributed by atoms with Gasteiger partial charge in [-0.15, -0.1) is 0 Å². The molecule has 0 aliphatic heterocycles. The van der Waals surface area contributed by atoms with Gasteiger partial charge in [-0.1, -0.05) is 0 Å². The van der Waals surface area contributed by atoms with Crippen LogP contribution in [0.2, 0.25) is 0 Å². The third-order valence-electron chi connectivity index (χ3n) is 3.19. The maximum Gasteiger partial charge on any atom is 0.100 e. The molecule has 1 heterocycles. The van der Waals surface area contributed by atoms with E-state index in [0.717, 1.165) is 12.8 Å². The van der Waals surface area contributed by atoms with Gasteiger partial charge in [0.2, 0.25) is 0 Å². The molecule has 4 heteroatoms. The maximum absolute atomic E-state index is 9.97. The molecule has 1 aliphatic carbocycles. The molecule has 15 heavy (non-hydrogen) atoms. The van der Waals surface area contributed by atoms with Crippen LogP contribution < -0.4 is 0 Å². The maximum atomic E-state index is 9.97. The fourth-order valence-corrected chi connectivity index (χ4v) is 2.00. The van der Waals surface area contributed by atoms with Gasteiger partial charge in [0, 0.05) is 25.9 Å². The minimum Gasteiger partial charge on any atom is -0.387 e. The molecule has 1 saturated carbocycles. The molecule has 1 fully saturated rings. The van der Waals surface area contributed by atoms with E-state index < -0.39 is 6.10 Å². The predicted octanol–water partition coefficient (Wildman–Crippen LogP) is 1.47. The van der Waals surface area contributed by atoms with Gasteiger partial charge in [-0.05, 0) is 19.3 Å². The first-order chi connectivity index (χ1) is 7.26. The van der Waals surface area contributed by atoms with Gasteiger partial charge < -0.3 is 9.84 Å². The number of rotatable bonds is 4. The molecule has 1 aromatic heterocycles. The lowest BCUT2D eigenvalue weighted by Crippen LogP contribution is -2.40. The predicted molar refractivity (Wildman–Crippen MR) is 55.2 cm³/mol. The van der Waals surface area contributed by atoms with Crippen molar-refractivity contribution in [2.45, 2.75) is 37.4 Å². The van der Waals surface area contributed by atoms with Crippen molar-refractivity contribution in [2.75, 3.05) is 7.11 Å². The van der Waals surface area contributed by atoms with Crippen LogP contribution in [0.4, 0.5) is 0 Å². The molecule has 1 aromatic rings. The van der Waals surface area contributed by atoms with Crippen molar-refractivity contribution in [3.8, 4) is 0 Å². The molecule has 0 spiro atoms. The van der Waals surface area contributed by atoms with E-state index in [-0.39, 0.29) is 5.60 Å². The lowest BCUT2D eigenvalue weighted by molar-refractivity contribution is -0.100. The summed E-state index contributed by atoms with van der Waals surface area (Å²) in [6.45, 7) is 0. The number of aromatic nitrogens is 2. The largest absolute Gasteiger partial charge is 0.387 e. The van der Waals surface area contributed by atoms with Crippen LogP contribution >= 0.6 is 0 Å². The van der Waals surface area contributed by atoms with Crippen LogP contribution in [0.1, 0.15) is 37.5 Å². The summed E-state index contributed by atoms with van der Waals surface area (Å²) in [4.78, 5) is 8.03. The molecular weight excluding hydrogens is 192 g/mol. The van der Waals surface area contributed by atoms with E-state index in [1.807, 2.05) is 0 Å². The first-order valence-corrected chi connectivity index (χ1v) is 5.25. The monoisotopic (exact) mass is 208 g/mol. The molecule has 4 nitrogen and oxygen atoms in total. The Morgan fingerprint density at radius 2 is 2.33 bits per heavy atom. The van der Waals surface area contributed by atoms with Gasteiger partial charge in [0.25, 0.3) is 0 Å². The second-order valence-corrected chi connectivity index (χ2v) is 4.09. The average molecular weight is 208 g/mol. The van der Waals surface area contributed by atoms with Crippen molar-refractivity contribution in [1.29, 1.82) is 0 Å². The molecule has 0 saturated heterocycles. The van der Waals surface area contributed by atoms with Crippen LogP contribution in [0.15, 0.2) is 18.6 Å². The molecule has 1 aliphatic rings. The SMILES string of the molecule is COC1(CC(O)c2cnccn2)CCC1. The molecule has 0 aromatic carbocycles. The quantitative estimate of drug-likeness (QED) is 0.814. The average Bonchev–Trinajstić information content (AvgIpc) is 2.24. The highest BCUT2D eigenvalue weighted by Gasteiger charge is 2.39. The van der Waals surface area contributed by atoms with E-state index in [9.17, 15) is 5.11 Å².